The maximum Gasteiger partial charge on any atom is 0.139 e. The Hall–Kier alpha value is -1.21. The average Bonchev–Trinajstić information content (AvgIpc) is 2.18. The fourth-order valence-electron chi connectivity index (χ4n) is 1.02. The van der Waals surface area contributed by atoms with Gasteiger partial charge in [0.25, 0.3) is 0 Å². The lowest BCUT2D eigenvalue weighted by atomic mass is 10.3. The van der Waals surface area contributed by atoms with E-state index in [1.807, 2.05) is 6.07 Å². The van der Waals surface area contributed by atoms with Gasteiger partial charge in [0.05, 0.1) is 21.8 Å². The largest absolute Gasteiger partial charge is 0.254 e. The number of benzene rings is 1. The van der Waals surface area contributed by atoms with E-state index < -0.39 is 16.6 Å². The van der Waals surface area contributed by atoms with Crippen LogP contribution in [0.1, 0.15) is 12.8 Å². The minimum Gasteiger partial charge on any atom is -0.254 e. The predicted molar refractivity (Wildman–Crippen MR) is 52.5 cm³/mol. The number of hydrogen-bond donors (Lipinski definition) is 0. The molecule has 1 rings (SSSR count). The molecule has 74 valence electrons. The van der Waals surface area contributed by atoms with E-state index in [1.54, 1.807) is 12.1 Å². The van der Waals surface area contributed by atoms with E-state index in [0.717, 1.165) is 0 Å². The Morgan fingerprint density at radius 3 is 2.79 bits per heavy atom. The summed E-state index contributed by atoms with van der Waals surface area (Å²) < 4.78 is 24.6. The second-order valence-electron chi connectivity index (χ2n) is 2.74. The van der Waals surface area contributed by atoms with Crippen LogP contribution in [0.3, 0.4) is 0 Å². The molecular weight excluding hydrogens is 201 g/mol. The average molecular weight is 211 g/mol. The molecule has 0 saturated heterocycles. The van der Waals surface area contributed by atoms with Crippen molar-refractivity contribution < 1.29 is 8.60 Å². The summed E-state index contributed by atoms with van der Waals surface area (Å²) in [5, 5.41) is 8.28. The van der Waals surface area contributed by atoms with Crippen molar-refractivity contribution in [2.45, 2.75) is 17.7 Å². The molecule has 4 heteroatoms. The van der Waals surface area contributed by atoms with Gasteiger partial charge in [0.15, 0.2) is 0 Å². The molecule has 2 nitrogen and oxygen atoms in total. The molecule has 0 fully saturated rings. The van der Waals surface area contributed by atoms with Crippen LogP contribution in [0.2, 0.25) is 0 Å². The molecule has 0 aliphatic heterocycles. The van der Waals surface area contributed by atoms with Crippen LogP contribution >= 0.6 is 0 Å². The molecule has 0 heterocycles. The van der Waals surface area contributed by atoms with Crippen molar-refractivity contribution in [1.82, 2.24) is 0 Å². The molecule has 1 aromatic carbocycles. The van der Waals surface area contributed by atoms with Gasteiger partial charge in [-0.1, -0.05) is 12.1 Å². The van der Waals surface area contributed by atoms with Crippen LogP contribution in [-0.4, -0.2) is 9.96 Å². The second kappa shape index (κ2) is 5.51. The molecule has 14 heavy (non-hydrogen) atoms. The Balaban J connectivity index is 2.62. The van der Waals surface area contributed by atoms with E-state index in [1.165, 1.54) is 12.1 Å². The van der Waals surface area contributed by atoms with Crippen LogP contribution in [0.5, 0.6) is 0 Å². The third-order valence-electron chi connectivity index (χ3n) is 1.70. The summed E-state index contributed by atoms with van der Waals surface area (Å²) in [6.45, 7) is 0. The molecule has 0 spiro atoms. The Morgan fingerprint density at radius 1 is 1.43 bits per heavy atom. The van der Waals surface area contributed by atoms with Crippen molar-refractivity contribution in [3.05, 3.63) is 30.1 Å². The Morgan fingerprint density at radius 2 is 2.14 bits per heavy atom. The van der Waals surface area contributed by atoms with Crippen LogP contribution < -0.4 is 0 Å². The van der Waals surface area contributed by atoms with Gasteiger partial charge >= 0.3 is 0 Å². The van der Waals surface area contributed by atoms with Crippen molar-refractivity contribution in [3.8, 4) is 6.07 Å². The number of halogens is 1. The van der Waals surface area contributed by atoms with Gasteiger partial charge in [-0.05, 0) is 18.6 Å². The van der Waals surface area contributed by atoms with Crippen molar-refractivity contribution in [2.24, 2.45) is 0 Å². The summed E-state index contributed by atoms with van der Waals surface area (Å²) in [6.07, 6.45) is 0.900. The van der Waals surface area contributed by atoms with Gasteiger partial charge in [0.2, 0.25) is 0 Å². The molecule has 0 aromatic heterocycles. The number of unbranched alkanes of at least 4 members (excludes halogenated alkanes) is 1. The topological polar surface area (TPSA) is 40.9 Å². The van der Waals surface area contributed by atoms with Crippen LogP contribution in [-0.2, 0) is 10.8 Å². The molecule has 0 N–H and O–H groups in total. The molecule has 0 aliphatic rings. The minimum absolute atomic E-state index is 0.227. The summed E-state index contributed by atoms with van der Waals surface area (Å²) >= 11 is 0. The molecule has 1 atom stereocenters. The Bertz CT molecular complexity index is 373. The first-order valence-corrected chi connectivity index (χ1v) is 5.57. The number of rotatable bonds is 4. The van der Waals surface area contributed by atoms with Crippen LogP contribution in [0.15, 0.2) is 29.2 Å². The molecule has 1 unspecified atom stereocenters. The first-order chi connectivity index (χ1) is 6.75. The fourth-order valence-corrected chi connectivity index (χ4v) is 2.16. The highest BCUT2D eigenvalue weighted by Gasteiger charge is 2.07. The van der Waals surface area contributed by atoms with Gasteiger partial charge in [-0.15, -0.1) is 0 Å². The zero-order chi connectivity index (χ0) is 10.4. The Labute approximate surface area is 84.8 Å². The highest BCUT2D eigenvalue weighted by atomic mass is 32.2. The summed E-state index contributed by atoms with van der Waals surface area (Å²) in [5.74, 6) is -0.100. The predicted octanol–water partition coefficient (Wildman–Crippen LogP) is 2.24. The van der Waals surface area contributed by atoms with E-state index >= 15 is 0 Å². The van der Waals surface area contributed by atoms with Crippen LogP contribution in [0.25, 0.3) is 0 Å². The lowest BCUT2D eigenvalue weighted by molar-refractivity contribution is 0.595. The summed E-state index contributed by atoms with van der Waals surface area (Å²) in [6, 6.07) is 7.98. The van der Waals surface area contributed by atoms with Gasteiger partial charge in [0, 0.05) is 12.2 Å². The van der Waals surface area contributed by atoms with Crippen LogP contribution in [0.4, 0.5) is 4.39 Å². The third-order valence-corrected chi connectivity index (χ3v) is 3.18. The first-order valence-electron chi connectivity index (χ1n) is 4.25. The molecule has 0 radical (unpaired) electrons. The highest BCUT2D eigenvalue weighted by molar-refractivity contribution is 7.85. The third kappa shape index (κ3) is 2.93. The summed E-state index contributed by atoms with van der Waals surface area (Å²) in [4.78, 5) is 0.227. The van der Waals surface area contributed by atoms with Crippen molar-refractivity contribution in [3.63, 3.8) is 0 Å². The SMILES string of the molecule is N#CCCCS(=O)c1ccccc1F. The monoisotopic (exact) mass is 211 g/mol. The Kier molecular flexibility index (Phi) is 4.27. The van der Waals surface area contributed by atoms with Gasteiger partial charge in [-0.2, -0.15) is 5.26 Å². The zero-order valence-electron chi connectivity index (χ0n) is 7.57. The van der Waals surface area contributed by atoms with Crippen LogP contribution in [0, 0.1) is 17.1 Å². The summed E-state index contributed by atoms with van der Waals surface area (Å²) in [5.41, 5.74) is 0. The van der Waals surface area contributed by atoms with E-state index in [4.69, 9.17) is 5.26 Å². The maximum atomic E-state index is 13.1. The van der Waals surface area contributed by atoms with Crippen molar-refractivity contribution in [1.29, 1.82) is 5.26 Å². The lowest BCUT2D eigenvalue weighted by Gasteiger charge is -2.01. The van der Waals surface area contributed by atoms with E-state index in [9.17, 15) is 8.60 Å². The molecule has 1 aromatic rings. The number of hydrogen-bond acceptors (Lipinski definition) is 2. The van der Waals surface area contributed by atoms with Crippen molar-refractivity contribution >= 4 is 10.8 Å². The molecular formula is C10H10FNOS. The molecule has 0 bridgehead atoms. The quantitative estimate of drug-likeness (QED) is 0.716. The van der Waals surface area contributed by atoms with Gasteiger partial charge in [-0.3, -0.25) is 4.21 Å². The molecule has 0 aliphatic carbocycles. The first kappa shape index (κ1) is 10.9. The maximum absolute atomic E-state index is 13.1. The number of nitriles is 1. The fraction of sp³-hybridized carbons (Fsp3) is 0.300. The van der Waals surface area contributed by atoms with Gasteiger partial charge in [-0.25, -0.2) is 4.39 Å². The molecule has 0 amide bonds. The second-order valence-corrected chi connectivity index (χ2v) is 4.28. The zero-order valence-corrected chi connectivity index (χ0v) is 8.39. The standard InChI is InChI=1S/C10H10FNOS/c11-9-5-1-2-6-10(9)14(13)8-4-3-7-12/h1-2,5-6H,3-4,8H2. The van der Waals surface area contributed by atoms with Gasteiger partial charge in [0.1, 0.15) is 5.82 Å². The highest BCUT2D eigenvalue weighted by Crippen LogP contribution is 2.12. The minimum atomic E-state index is -1.32. The smallest absolute Gasteiger partial charge is 0.139 e. The number of nitrogens with zero attached hydrogens (tertiary/aromatic N) is 1. The molecule has 0 saturated carbocycles. The van der Waals surface area contributed by atoms with E-state index in [-0.39, 0.29) is 4.90 Å². The normalized spacial score (nSPS) is 12.0. The van der Waals surface area contributed by atoms with Crippen molar-refractivity contribution in [2.75, 3.05) is 5.75 Å². The summed E-state index contributed by atoms with van der Waals surface area (Å²) in [7, 11) is -1.32. The van der Waals surface area contributed by atoms with E-state index in [0.29, 0.717) is 18.6 Å². The lowest BCUT2D eigenvalue weighted by Crippen LogP contribution is -2.00. The van der Waals surface area contributed by atoms with E-state index in [2.05, 4.69) is 0 Å². The van der Waals surface area contributed by atoms with Gasteiger partial charge < -0.3 is 0 Å².